The Balaban J connectivity index is 2.27. The standard InChI is InChI=1S/C13H16N2OS/c1-3-9-15-11(7-8-14-15)13(16)12-6-5-10(4-2)17-12/h5-8H,3-4,9H2,1-2H3. The quantitative estimate of drug-likeness (QED) is 0.762. The minimum absolute atomic E-state index is 0.0839. The maximum Gasteiger partial charge on any atom is 0.220 e. The predicted octanol–water partition coefficient (Wildman–Crippen LogP) is 3.15. The van der Waals surface area contributed by atoms with Gasteiger partial charge in [-0.1, -0.05) is 13.8 Å². The van der Waals surface area contributed by atoms with E-state index in [4.69, 9.17) is 0 Å². The zero-order valence-electron chi connectivity index (χ0n) is 10.1. The lowest BCUT2D eigenvalue weighted by Crippen LogP contribution is -2.10. The minimum Gasteiger partial charge on any atom is -0.286 e. The molecule has 2 heterocycles. The van der Waals surface area contributed by atoms with Crippen molar-refractivity contribution in [2.24, 2.45) is 0 Å². The second-order valence-corrected chi connectivity index (χ2v) is 5.06. The van der Waals surface area contributed by atoms with E-state index in [2.05, 4.69) is 18.9 Å². The van der Waals surface area contributed by atoms with Crippen LogP contribution in [0, 0.1) is 0 Å². The van der Waals surface area contributed by atoms with Crippen molar-refractivity contribution in [1.29, 1.82) is 0 Å². The summed E-state index contributed by atoms with van der Waals surface area (Å²) >= 11 is 1.58. The van der Waals surface area contributed by atoms with Gasteiger partial charge in [-0.3, -0.25) is 9.48 Å². The lowest BCUT2D eigenvalue weighted by Gasteiger charge is -2.03. The van der Waals surface area contributed by atoms with Crippen LogP contribution in [-0.4, -0.2) is 15.6 Å². The van der Waals surface area contributed by atoms with Crippen LogP contribution in [0.5, 0.6) is 0 Å². The second-order valence-electron chi connectivity index (χ2n) is 3.89. The van der Waals surface area contributed by atoms with E-state index in [0.717, 1.165) is 24.3 Å². The van der Waals surface area contributed by atoms with Crippen LogP contribution >= 0.6 is 11.3 Å². The Morgan fingerprint density at radius 1 is 1.35 bits per heavy atom. The number of aryl methyl sites for hydroxylation is 2. The Morgan fingerprint density at radius 2 is 2.18 bits per heavy atom. The average molecular weight is 248 g/mol. The fourth-order valence-corrected chi connectivity index (χ4v) is 2.63. The van der Waals surface area contributed by atoms with Gasteiger partial charge >= 0.3 is 0 Å². The molecule has 0 spiro atoms. The summed E-state index contributed by atoms with van der Waals surface area (Å²) < 4.78 is 1.79. The molecule has 0 unspecified atom stereocenters. The molecule has 90 valence electrons. The van der Waals surface area contributed by atoms with Crippen molar-refractivity contribution in [3.63, 3.8) is 0 Å². The van der Waals surface area contributed by atoms with E-state index in [0.29, 0.717) is 5.69 Å². The Kier molecular flexibility index (Phi) is 3.74. The molecular formula is C13H16N2OS. The summed E-state index contributed by atoms with van der Waals surface area (Å²) in [6, 6.07) is 5.73. The number of aromatic nitrogens is 2. The van der Waals surface area contributed by atoms with Gasteiger partial charge in [-0.15, -0.1) is 11.3 Å². The largest absolute Gasteiger partial charge is 0.286 e. The SMILES string of the molecule is CCCn1nccc1C(=O)c1ccc(CC)s1. The molecule has 0 saturated heterocycles. The van der Waals surface area contributed by atoms with Gasteiger partial charge in [0, 0.05) is 17.6 Å². The molecule has 0 N–H and O–H groups in total. The number of carbonyl (C=O) groups is 1. The molecule has 17 heavy (non-hydrogen) atoms. The van der Waals surface area contributed by atoms with E-state index < -0.39 is 0 Å². The number of hydrogen-bond acceptors (Lipinski definition) is 3. The number of carbonyl (C=O) groups excluding carboxylic acids is 1. The fourth-order valence-electron chi connectivity index (χ4n) is 1.73. The number of nitrogens with zero attached hydrogens (tertiary/aromatic N) is 2. The third kappa shape index (κ3) is 2.47. The molecule has 2 aromatic rings. The van der Waals surface area contributed by atoms with Gasteiger partial charge in [0.05, 0.1) is 4.88 Å². The van der Waals surface area contributed by atoms with Crippen LogP contribution < -0.4 is 0 Å². The molecule has 0 bridgehead atoms. The first-order valence-corrected chi connectivity index (χ1v) is 6.73. The van der Waals surface area contributed by atoms with Gasteiger partial charge in [0.15, 0.2) is 0 Å². The van der Waals surface area contributed by atoms with Crippen molar-refractivity contribution < 1.29 is 4.79 Å². The summed E-state index contributed by atoms with van der Waals surface area (Å²) in [7, 11) is 0. The van der Waals surface area contributed by atoms with Crippen LogP contribution in [0.3, 0.4) is 0 Å². The number of ketones is 1. The topological polar surface area (TPSA) is 34.9 Å². The highest BCUT2D eigenvalue weighted by molar-refractivity contribution is 7.14. The van der Waals surface area contributed by atoms with Crippen molar-refractivity contribution >= 4 is 17.1 Å². The molecule has 0 aromatic carbocycles. The van der Waals surface area contributed by atoms with Gasteiger partial charge in [0.2, 0.25) is 5.78 Å². The first-order valence-electron chi connectivity index (χ1n) is 5.91. The lowest BCUT2D eigenvalue weighted by atomic mass is 10.2. The van der Waals surface area contributed by atoms with Crippen LogP contribution in [0.4, 0.5) is 0 Å². The molecule has 0 amide bonds. The van der Waals surface area contributed by atoms with Crippen molar-refractivity contribution in [3.8, 4) is 0 Å². The average Bonchev–Trinajstić information content (AvgIpc) is 2.97. The molecule has 2 aromatic heterocycles. The minimum atomic E-state index is 0.0839. The first-order chi connectivity index (χ1) is 8.26. The summed E-state index contributed by atoms with van der Waals surface area (Å²) in [5, 5.41) is 4.18. The Labute approximate surface area is 105 Å². The van der Waals surface area contributed by atoms with Gasteiger partial charge in [-0.05, 0) is 31.0 Å². The summed E-state index contributed by atoms with van der Waals surface area (Å²) in [4.78, 5) is 14.3. The molecule has 0 aliphatic carbocycles. The maximum absolute atomic E-state index is 12.3. The van der Waals surface area contributed by atoms with Crippen molar-refractivity contribution in [3.05, 3.63) is 39.8 Å². The van der Waals surface area contributed by atoms with Crippen LogP contribution in [0.2, 0.25) is 0 Å². The molecule has 0 fully saturated rings. The van der Waals surface area contributed by atoms with E-state index in [1.54, 1.807) is 28.3 Å². The second kappa shape index (κ2) is 5.27. The molecule has 0 saturated carbocycles. The Morgan fingerprint density at radius 3 is 2.82 bits per heavy atom. The number of rotatable bonds is 5. The van der Waals surface area contributed by atoms with Gasteiger partial charge in [0.1, 0.15) is 5.69 Å². The third-order valence-corrected chi connectivity index (χ3v) is 3.85. The van der Waals surface area contributed by atoms with E-state index in [9.17, 15) is 4.79 Å². The van der Waals surface area contributed by atoms with Crippen molar-refractivity contribution in [1.82, 2.24) is 9.78 Å². The van der Waals surface area contributed by atoms with Gasteiger partial charge in [-0.25, -0.2) is 0 Å². The van der Waals surface area contributed by atoms with Crippen LogP contribution in [0.15, 0.2) is 24.4 Å². The van der Waals surface area contributed by atoms with Gasteiger partial charge in [0.25, 0.3) is 0 Å². The predicted molar refractivity (Wildman–Crippen MR) is 69.6 cm³/mol. The van der Waals surface area contributed by atoms with Gasteiger partial charge in [-0.2, -0.15) is 5.10 Å². The summed E-state index contributed by atoms with van der Waals surface area (Å²) in [6.45, 7) is 4.97. The number of thiophene rings is 1. The van der Waals surface area contributed by atoms with Crippen LogP contribution in [0.25, 0.3) is 0 Å². The fraction of sp³-hybridized carbons (Fsp3) is 0.385. The molecular weight excluding hydrogens is 232 g/mol. The van der Waals surface area contributed by atoms with E-state index in [-0.39, 0.29) is 5.78 Å². The highest BCUT2D eigenvalue weighted by Gasteiger charge is 2.15. The monoisotopic (exact) mass is 248 g/mol. The highest BCUT2D eigenvalue weighted by Crippen LogP contribution is 2.20. The zero-order chi connectivity index (χ0) is 12.3. The summed E-state index contributed by atoms with van der Waals surface area (Å²) in [6.07, 6.45) is 3.65. The molecule has 0 atom stereocenters. The third-order valence-electron chi connectivity index (χ3n) is 2.62. The van der Waals surface area contributed by atoms with E-state index in [1.165, 1.54) is 4.88 Å². The first kappa shape index (κ1) is 12.0. The summed E-state index contributed by atoms with van der Waals surface area (Å²) in [5.74, 6) is 0.0839. The smallest absolute Gasteiger partial charge is 0.220 e. The number of hydrogen-bond donors (Lipinski definition) is 0. The van der Waals surface area contributed by atoms with E-state index in [1.807, 2.05) is 12.1 Å². The molecule has 4 heteroatoms. The van der Waals surface area contributed by atoms with Crippen LogP contribution in [-0.2, 0) is 13.0 Å². The molecule has 3 nitrogen and oxygen atoms in total. The lowest BCUT2D eigenvalue weighted by molar-refractivity contribution is 0.103. The molecule has 0 aliphatic rings. The Bertz CT molecular complexity index is 513. The molecule has 2 rings (SSSR count). The normalized spacial score (nSPS) is 10.7. The van der Waals surface area contributed by atoms with Crippen molar-refractivity contribution in [2.45, 2.75) is 33.2 Å². The maximum atomic E-state index is 12.3. The van der Waals surface area contributed by atoms with Crippen molar-refractivity contribution in [2.75, 3.05) is 0 Å². The highest BCUT2D eigenvalue weighted by atomic mass is 32.1. The molecule has 0 aliphatic heterocycles. The molecule has 0 radical (unpaired) electrons. The zero-order valence-corrected chi connectivity index (χ0v) is 11.0. The summed E-state index contributed by atoms with van der Waals surface area (Å²) in [5.41, 5.74) is 0.691. The van der Waals surface area contributed by atoms with Crippen LogP contribution in [0.1, 0.15) is 40.5 Å². The van der Waals surface area contributed by atoms with Gasteiger partial charge < -0.3 is 0 Å². The van der Waals surface area contributed by atoms with E-state index >= 15 is 0 Å². The Hall–Kier alpha value is -1.42.